The number of ether oxygens (including phenoxy) is 1. The third-order valence-electron chi connectivity index (χ3n) is 3.74. The van der Waals surface area contributed by atoms with Gasteiger partial charge in [-0.15, -0.1) is 0 Å². The highest BCUT2D eigenvalue weighted by atomic mass is 16.5. The maximum absolute atomic E-state index is 11.7. The molecule has 0 bridgehead atoms. The molecule has 2 amide bonds. The molecule has 5 nitrogen and oxygen atoms in total. The van der Waals surface area contributed by atoms with Gasteiger partial charge in [0.1, 0.15) is 0 Å². The van der Waals surface area contributed by atoms with Crippen molar-refractivity contribution in [3.8, 4) is 0 Å². The number of benzene rings is 1. The van der Waals surface area contributed by atoms with E-state index in [1.54, 1.807) is 0 Å². The number of rotatable bonds is 11. The Balaban J connectivity index is 2.10. The highest BCUT2D eigenvalue weighted by molar-refractivity contribution is 5.84. The van der Waals surface area contributed by atoms with Gasteiger partial charge in [0.2, 0.25) is 11.8 Å². The van der Waals surface area contributed by atoms with E-state index in [-0.39, 0.29) is 24.0 Å². The van der Waals surface area contributed by atoms with E-state index in [0.29, 0.717) is 19.6 Å². The standard InChI is InChI=1S/C19H30N2O3/c1-4-24-19(2,3)13-14-20-18(23)15-21-17(22)12-8-11-16-9-6-5-7-10-16/h5-7,9-10H,4,8,11-15H2,1-3H3,(H,20,23)(H,21,22). The van der Waals surface area contributed by atoms with Crippen LogP contribution in [0.3, 0.4) is 0 Å². The lowest BCUT2D eigenvalue weighted by Gasteiger charge is -2.24. The number of amides is 2. The smallest absolute Gasteiger partial charge is 0.239 e. The largest absolute Gasteiger partial charge is 0.376 e. The maximum Gasteiger partial charge on any atom is 0.239 e. The van der Waals surface area contributed by atoms with Crippen LogP contribution in [0.25, 0.3) is 0 Å². The fourth-order valence-electron chi connectivity index (χ4n) is 2.39. The molecular weight excluding hydrogens is 304 g/mol. The van der Waals surface area contributed by atoms with Gasteiger partial charge in [-0.25, -0.2) is 0 Å². The number of hydrogen-bond donors (Lipinski definition) is 2. The molecule has 0 fully saturated rings. The number of carbonyl (C=O) groups excluding carboxylic acids is 2. The summed E-state index contributed by atoms with van der Waals surface area (Å²) in [5.74, 6) is -0.255. The zero-order chi connectivity index (χ0) is 17.8. The lowest BCUT2D eigenvalue weighted by molar-refractivity contribution is -0.126. The van der Waals surface area contributed by atoms with Crippen molar-refractivity contribution in [3.05, 3.63) is 35.9 Å². The summed E-state index contributed by atoms with van der Waals surface area (Å²) in [6, 6.07) is 10.1. The highest BCUT2D eigenvalue weighted by Gasteiger charge is 2.17. The Morgan fingerprint density at radius 1 is 1.08 bits per heavy atom. The molecule has 0 radical (unpaired) electrons. The van der Waals surface area contributed by atoms with Crippen LogP contribution in [0.1, 0.15) is 45.6 Å². The van der Waals surface area contributed by atoms with E-state index in [0.717, 1.165) is 19.3 Å². The third kappa shape index (κ3) is 9.30. The Morgan fingerprint density at radius 3 is 2.46 bits per heavy atom. The molecule has 0 spiro atoms. The zero-order valence-corrected chi connectivity index (χ0v) is 15.1. The van der Waals surface area contributed by atoms with Crippen LogP contribution in [0.15, 0.2) is 30.3 Å². The molecule has 5 heteroatoms. The summed E-state index contributed by atoms with van der Waals surface area (Å²) in [6.45, 7) is 7.16. The molecule has 1 aromatic rings. The quantitative estimate of drug-likeness (QED) is 0.653. The van der Waals surface area contributed by atoms with Crippen LogP contribution < -0.4 is 10.6 Å². The van der Waals surface area contributed by atoms with Gasteiger partial charge >= 0.3 is 0 Å². The summed E-state index contributed by atoms with van der Waals surface area (Å²) in [5.41, 5.74) is 0.975. The predicted octanol–water partition coefficient (Wildman–Crippen LogP) is 2.45. The number of hydrogen-bond acceptors (Lipinski definition) is 3. The second kappa shape index (κ2) is 10.8. The van der Waals surface area contributed by atoms with Gasteiger partial charge in [0.25, 0.3) is 0 Å². The molecule has 0 aliphatic heterocycles. The molecule has 0 aliphatic rings. The average molecular weight is 334 g/mol. The van der Waals surface area contributed by atoms with Crippen LogP contribution in [0.4, 0.5) is 0 Å². The summed E-state index contributed by atoms with van der Waals surface area (Å²) in [6.07, 6.45) is 2.81. The topological polar surface area (TPSA) is 67.4 Å². The molecule has 24 heavy (non-hydrogen) atoms. The number of carbonyl (C=O) groups is 2. The summed E-state index contributed by atoms with van der Waals surface area (Å²) < 4.78 is 5.57. The molecular formula is C19H30N2O3. The molecule has 134 valence electrons. The molecule has 1 aromatic carbocycles. The second-order valence-corrected chi connectivity index (χ2v) is 6.41. The number of aryl methyl sites for hydroxylation is 1. The van der Waals surface area contributed by atoms with Crippen molar-refractivity contribution < 1.29 is 14.3 Å². The molecule has 0 atom stereocenters. The van der Waals surface area contributed by atoms with Gasteiger partial charge in [-0.2, -0.15) is 0 Å². The van der Waals surface area contributed by atoms with Crippen LogP contribution in [0.5, 0.6) is 0 Å². The zero-order valence-electron chi connectivity index (χ0n) is 15.1. The van der Waals surface area contributed by atoms with E-state index in [9.17, 15) is 9.59 Å². The van der Waals surface area contributed by atoms with E-state index in [1.165, 1.54) is 5.56 Å². The monoisotopic (exact) mass is 334 g/mol. The SMILES string of the molecule is CCOC(C)(C)CCNC(=O)CNC(=O)CCCc1ccccc1. The first-order chi connectivity index (χ1) is 11.4. The van der Waals surface area contributed by atoms with E-state index in [2.05, 4.69) is 22.8 Å². The lowest BCUT2D eigenvalue weighted by Crippen LogP contribution is -2.39. The van der Waals surface area contributed by atoms with Gasteiger partial charge in [-0.1, -0.05) is 30.3 Å². The summed E-state index contributed by atoms with van der Waals surface area (Å²) in [5, 5.41) is 5.46. The van der Waals surface area contributed by atoms with Crippen LogP contribution in [-0.4, -0.2) is 37.1 Å². The maximum atomic E-state index is 11.7. The molecule has 0 saturated carbocycles. The van der Waals surface area contributed by atoms with Gasteiger partial charge in [0, 0.05) is 19.6 Å². The summed E-state index contributed by atoms with van der Waals surface area (Å²) >= 11 is 0. The normalized spacial score (nSPS) is 11.1. The van der Waals surface area contributed by atoms with Crippen molar-refractivity contribution in [2.45, 2.75) is 52.1 Å². The first-order valence-corrected chi connectivity index (χ1v) is 8.64. The first kappa shape index (κ1) is 20.2. The van der Waals surface area contributed by atoms with Crippen LogP contribution >= 0.6 is 0 Å². The van der Waals surface area contributed by atoms with Gasteiger partial charge < -0.3 is 15.4 Å². The first-order valence-electron chi connectivity index (χ1n) is 8.64. The number of nitrogens with one attached hydrogen (secondary N) is 2. The molecule has 2 N–H and O–H groups in total. The molecule has 0 aliphatic carbocycles. The Bertz CT molecular complexity index is 501. The van der Waals surface area contributed by atoms with E-state index >= 15 is 0 Å². The van der Waals surface area contributed by atoms with Crippen LogP contribution in [0.2, 0.25) is 0 Å². The van der Waals surface area contributed by atoms with Crippen molar-refractivity contribution in [2.75, 3.05) is 19.7 Å². The van der Waals surface area contributed by atoms with Crippen molar-refractivity contribution in [1.29, 1.82) is 0 Å². The highest BCUT2D eigenvalue weighted by Crippen LogP contribution is 2.12. The Hall–Kier alpha value is -1.88. The van der Waals surface area contributed by atoms with Gasteiger partial charge in [0.05, 0.1) is 12.1 Å². The average Bonchev–Trinajstić information content (AvgIpc) is 2.53. The van der Waals surface area contributed by atoms with Crippen LogP contribution in [0, 0.1) is 0 Å². The van der Waals surface area contributed by atoms with Gasteiger partial charge in [0.15, 0.2) is 0 Å². The van der Waals surface area contributed by atoms with Crippen molar-refractivity contribution in [3.63, 3.8) is 0 Å². The Morgan fingerprint density at radius 2 is 1.79 bits per heavy atom. The Kier molecular flexibility index (Phi) is 9.08. The van der Waals surface area contributed by atoms with Crippen molar-refractivity contribution >= 4 is 11.8 Å². The molecule has 0 saturated heterocycles. The molecule has 0 unspecified atom stereocenters. The molecule has 1 rings (SSSR count). The minimum absolute atomic E-state index is 0.0270. The lowest BCUT2D eigenvalue weighted by atomic mass is 10.1. The minimum Gasteiger partial charge on any atom is -0.376 e. The molecule has 0 heterocycles. The van der Waals surface area contributed by atoms with Crippen molar-refractivity contribution in [2.24, 2.45) is 0 Å². The fraction of sp³-hybridized carbons (Fsp3) is 0.579. The van der Waals surface area contributed by atoms with Crippen LogP contribution in [-0.2, 0) is 20.7 Å². The van der Waals surface area contributed by atoms with E-state index in [1.807, 2.05) is 39.0 Å². The van der Waals surface area contributed by atoms with Gasteiger partial charge in [-0.05, 0) is 45.6 Å². The van der Waals surface area contributed by atoms with E-state index in [4.69, 9.17) is 4.74 Å². The minimum atomic E-state index is -0.247. The van der Waals surface area contributed by atoms with Crippen molar-refractivity contribution in [1.82, 2.24) is 10.6 Å². The second-order valence-electron chi connectivity index (χ2n) is 6.41. The predicted molar refractivity (Wildman–Crippen MR) is 95.7 cm³/mol. The summed E-state index contributed by atoms with van der Waals surface area (Å²) in [4.78, 5) is 23.5. The molecule has 0 aromatic heterocycles. The Labute approximate surface area is 145 Å². The summed E-state index contributed by atoms with van der Waals surface area (Å²) in [7, 11) is 0. The third-order valence-corrected chi connectivity index (χ3v) is 3.74. The van der Waals surface area contributed by atoms with Gasteiger partial charge in [-0.3, -0.25) is 9.59 Å². The van der Waals surface area contributed by atoms with E-state index < -0.39 is 0 Å². The fourth-order valence-corrected chi connectivity index (χ4v) is 2.39.